The van der Waals surface area contributed by atoms with Crippen LogP contribution >= 0.6 is 0 Å². The second-order valence-electron chi connectivity index (χ2n) is 3.18. The van der Waals surface area contributed by atoms with Crippen LogP contribution in [0.2, 0.25) is 0 Å². The van der Waals surface area contributed by atoms with Crippen molar-refractivity contribution in [1.29, 1.82) is 0 Å². The minimum atomic E-state index is 0.0223. The zero-order valence-electron chi connectivity index (χ0n) is 9.03. The molecule has 1 aromatic heterocycles. The molecule has 0 aliphatic carbocycles. The molecule has 0 bridgehead atoms. The van der Waals surface area contributed by atoms with E-state index in [9.17, 15) is 4.79 Å². The molecule has 0 atom stereocenters. The third-order valence-corrected chi connectivity index (χ3v) is 2.14. The van der Waals surface area contributed by atoms with Gasteiger partial charge in [0.1, 0.15) is 5.82 Å². The molecule has 3 heteroatoms. The van der Waals surface area contributed by atoms with Crippen molar-refractivity contribution in [1.82, 2.24) is 4.98 Å². The van der Waals surface area contributed by atoms with E-state index in [1.807, 2.05) is 17.9 Å². The molecule has 0 unspecified atom stereocenters. The van der Waals surface area contributed by atoms with Gasteiger partial charge in [0.05, 0.1) is 6.54 Å². The minimum Gasteiger partial charge on any atom is -0.346 e. The number of nitrogens with zero attached hydrogens (tertiary/aromatic N) is 2. The van der Waals surface area contributed by atoms with Crippen LogP contribution in [-0.4, -0.2) is 23.9 Å². The number of hydrogen-bond donors (Lipinski definition) is 0. The number of carbonyl (C=O) groups is 1. The summed E-state index contributed by atoms with van der Waals surface area (Å²) in [7, 11) is 0. The number of anilines is 1. The standard InChI is InChI=1S/C12H14N2O/c1-4-8-14(5-2)12-7-6-11(9-13-12)10(3)15/h1,6-7,9H,5,8H2,2-3H3. The van der Waals surface area contributed by atoms with E-state index in [0.717, 1.165) is 12.4 Å². The molecular weight excluding hydrogens is 188 g/mol. The molecule has 3 nitrogen and oxygen atoms in total. The van der Waals surface area contributed by atoms with Gasteiger partial charge in [-0.2, -0.15) is 0 Å². The van der Waals surface area contributed by atoms with E-state index in [1.54, 1.807) is 12.3 Å². The molecule has 0 saturated heterocycles. The van der Waals surface area contributed by atoms with Crippen LogP contribution in [0.4, 0.5) is 5.82 Å². The van der Waals surface area contributed by atoms with Crippen LogP contribution in [0.15, 0.2) is 18.3 Å². The van der Waals surface area contributed by atoms with Crippen LogP contribution in [0.25, 0.3) is 0 Å². The highest BCUT2D eigenvalue weighted by Crippen LogP contribution is 2.10. The summed E-state index contributed by atoms with van der Waals surface area (Å²) in [6.07, 6.45) is 6.83. The average Bonchev–Trinajstić information content (AvgIpc) is 2.26. The van der Waals surface area contributed by atoms with E-state index in [-0.39, 0.29) is 5.78 Å². The van der Waals surface area contributed by atoms with Gasteiger partial charge in [-0.05, 0) is 26.0 Å². The summed E-state index contributed by atoms with van der Waals surface area (Å²) in [4.78, 5) is 17.2. The van der Waals surface area contributed by atoms with Crippen molar-refractivity contribution < 1.29 is 4.79 Å². The Hall–Kier alpha value is -1.82. The van der Waals surface area contributed by atoms with Crippen LogP contribution in [0, 0.1) is 12.3 Å². The van der Waals surface area contributed by atoms with Crippen LogP contribution < -0.4 is 4.90 Å². The third kappa shape index (κ3) is 2.81. The van der Waals surface area contributed by atoms with E-state index < -0.39 is 0 Å². The molecule has 1 rings (SSSR count). The summed E-state index contributed by atoms with van der Waals surface area (Å²) >= 11 is 0. The predicted molar refractivity (Wildman–Crippen MR) is 61.0 cm³/mol. The maximum atomic E-state index is 11.0. The topological polar surface area (TPSA) is 33.2 Å². The molecule has 1 aromatic rings. The van der Waals surface area contributed by atoms with Crippen LogP contribution in [0.5, 0.6) is 0 Å². The lowest BCUT2D eigenvalue weighted by atomic mass is 10.2. The second kappa shape index (κ2) is 5.16. The summed E-state index contributed by atoms with van der Waals surface area (Å²) in [5.41, 5.74) is 0.621. The Morgan fingerprint density at radius 1 is 1.60 bits per heavy atom. The molecule has 0 spiro atoms. The number of aromatic nitrogens is 1. The number of hydrogen-bond acceptors (Lipinski definition) is 3. The van der Waals surface area contributed by atoms with Gasteiger partial charge < -0.3 is 4.90 Å². The van der Waals surface area contributed by atoms with Crippen molar-refractivity contribution in [3.05, 3.63) is 23.9 Å². The summed E-state index contributed by atoms with van der Waals surface area (Å²) in [6.45, 7) is 4.87. The highest BCUT2D eigenvalue weighted by molar-refractivity contribution is 5.93. The Bertz CT molecular complexity index is 376. The maximum Gasteiger partial charge on any atom is 0.161 e. The van der Waals surface area contributed by atoms with Gasteiger partial charge in [-0.25, -0.2) is 4.98 Å². The average molecular weight is 202 g/mol. The van der Waals surface area contributed by atoms with E-state index in [4.69, 9.17) is 6.42 Å². The van der Waals surface area contributed by atoms with Crippen molar-refractivity contribution in [2.75, 3.05) is 18.0 Å². The molecular formula is C12H14N2O. The molecule has 0 aromatic carbocycles. The molecule has 0 amide bonds. The molecule has 1 heterocycles. The smallest absolute Gasteiger partial charge is 0.161 e. The first-order chi connectivity index (χ1) is 7.19. The number of Topliss-reactive ketones (excluding diaryl/α,β-unsaturated/α-hetero) is 1. The van der Waals surface area contributed by atoms with E-state index >= 15 is 0 Å². The first kappa shape index (κ1) is 11.3. The van der Waals surface area contributed by atoms with Crippen molar-refractivity contribution in [2.45, 2.75) is 13.8 Å². The van der Waals surface area contributed by atoms with Gasteiger partial charge >= 0.3 is 0 Å². The van der Waals surface area contributed by atoms with Gasteiger partial charge in [-0.1, -0.05) is 5.92 Å². The fraction of sp³-hybridized carbons (Fsp3) is 0.333. The fourth-order valence-electron chi connectivity index (χ4n) is 1.25. The molecule has 0 N–H and O–H groups in total. The van der Waals surface area contributed by atoms with E-state index in [2.05, 4.69) is 10.9 Å². The number of carbonyl (C=O) groups excluding carboxylic acids is 1. The van der Waals surface area contributed by atoms with Gasteiger partial charge in [0.2, 0.25) is 0 Å². The van der Waals surface area contributed by atoms with Gasteiger partial charge in [0.25, 0.3) is 0 Å². The summed E-state index contributed by atoms with van der Waals surface area (Å²) in [6, 6.07) is 3.58. The lowest BCUT2D eigenvalue weighted by Gasteiger charge is -2.18. The third-order valence-electron chi connectivity index (χ3n) is 2.14. The minimum absolute atomic E-state index is 0.0223. The molecule has 0 fully saturated rings. The molecule has 0 saturated carbocycles. The molecule has 0 radical (unpaired) electrons. The highest BCUT2D eigenvalue weighted by atomic mass is 16.1. The quantitative estimate of drug-likeness (QED) is 0.551. The number of ketones is 1. The Morgan fingerprint density at radius 3 is 2.73 bits per heavy atom. The Kier molecular flexibility index (Phi) is 3.87. The summed E-state index contributed by atoms with van der Waals surface area (Å²) in [5, 5.41) is 0. The molecule has 78 valence electrons. The van der Waals surface area contributed by atoms with Crippen LogP contribution in [-0.2, 0) is 0 Å². The fourth-order valence-corrected chi connectivity index (χ4v) is 1.25. The van der Waals surface area contributed by atoms with E-state index in [1.165, 1.54) is 6.92 Å². The number of terminal acetylenes is 1. The zero-order valence-corrected chi connectivity index (χ0v) is 9.03. The summed E-state index contributed by atoms with van der Waals surface area (Å²) < 4.78 is 0. The van der Waals surface area contributed by atoms with Crippen molar-refractivity contribution in [3.8, 4) is 12.3 Å². The molecule has 0 aliphatic heterocycles. The largest absolute Gasteiger partial charge is 0.346 e. The van der Waals surface area contributed by atoms with Gasteiger partial charge in [0, 0.05) is 18.3 Å². The monoisotopic (exact) mass is 202 g/mol. The highest BCUT2D eigenvalue weighted by Gasteiger charge is 2.05. The predicted octanol–water partition coefficient (Wildman–Crippen LogP) is 1.74. The van der Waals surface area contributed by atoms with Crippen molar-refractivity contribution in [3.63, 3.8) is 0 Å². The van der Waals surface area contributed by atoms with Gasteiger partial charge in [-0.15, -0.1) is 6.42 Å². The zero-order chi connectivity index (χ0) is 11.3. The SMILES string of the molecule is C#CCN(CC)c1ccc(C(C)=O)cn1. The number of rotatable bonds is 4. The van der Waals surface area contributed by atoms with Gasteiger partial charge in [-0.3, -0.25) is 4.79 Å². The van der Waals surface area contributed by atoms with Crippen LogP contribution in [0.1, 0.15) is 24.2 Å². The molecule has 0 aliphatic rings. The first-order valence-electron chi connectivity index (χ1n) is 4.84. The Balaban J connectivity index is 2.87. The lowest BCUT2D eigenvalue weighted by molar-refractivity contribution is 0.101. The normalized spacial score (nSPS) is 9.40. The maximum absolute atomic E-state index is 11.0. The Labute approximate surface area is 90.1 Å². The van der Waals surface area contributed by atoms with Crippen molar-refractivity contribution >= 4 is 11.6 Å². The van der Waals surface area contributed by atoms with Gasteiger partial charge in [0.15, 0.2) is 5.78 Å². The lowest BCUT2D eigenvalue weighted by Crippen LogP contribution is -2.23. The van der Waals surface area contributed by atoms with Crippen LogP contribution in [0.3, 0.4) is 0 Å². The molecule has 15 heavy (non-hydrogen) atoms. The number of pyridine rings is 1. The second-order valence-corrected chi connectivity index (χ2v) is 3.18. The van der Waals surface area contributed by atoms with Crippen molar-refractivity contribution in [2.24, 2.45) is 0 Å². The van der Waals surface area contributed by atoms with E-state index in [0.29, 0.717) is 12.1 Å². The summed E-state index contributed by atoms with van der Waals surface area (Å²) in [5.74, 6) is 3.40. The Morgan fingerprint density at radius 2 is 2.33 bits per heavy atom. The first-order valence-corrected chi connectivity index (χ1v) is 4.84.